The summed E-state index contributed by atoms with van der Waals surface area (Å²) < 4.78 is 26.7. The smallest absolute Gasteiger partial charge is 0.229 e. The van der Waals surface area contributed by atoms with E-state index < -0.39 is 11.6 Å². The largest absolute Gasteiger partial charge is 0.326 e. The van der Waals surface area contributed by atoms with Crippen LogP contribution in [0.25, 0.3) is 0 Å². The van der Waals surface area contributed by atoms with Crippen LogP contribution < -0.4 is 10.6 Å². The van der Waals surface area contributed by atoms with Crippen LogP contribution >= 0.6 is 11.6 Å². The zero-order chi connectivity index (χ0) is 20.5. The Hall–Kier alpha value is -1.98. The van der Waals surface area contributed by atoms with Crippen LogP contribution in [0.1, 0.15) is 38.7 Å². The minimum Gasteiger partial charge on any atom is -0.326 e. The van der Waals surface area contributed by atoms with Gasteiger partial charge in [-0.05, 0) is 41.7 Å². The Kier molecular flexibility index (Phi) is 6.06. The number of anilines is 1. The molecule has 3 unspecified atom stereocenters. The first-order valence-electron chi connectivity index (χ1n) is 9.39. The molecule has 1 aliphatic rings. The lowest BCUT2D eigenvalue weighted by Gasteiger charge is -2.29. The van der Waals surface area contributed by atoms with Crippen LogP contribution in [0.4, 0.5) is 14.5 Å². The minimum atomic E-state index is -0.986. The van der Waals surface area contributed by atoms with Crippen LogP contribution in [0.2, 0.25) is 5.02 Å². The Bertz CT molecular complexity index is 866. The molecule has 0 aliphatic carbocycles. The lowest BCUT2D eigenvalue weighted by molar-refractivity contribution is -0.120. The van der Waals surface area contributed by atoms with E-state index in [2.05, 4.69) is 31.4 Å². The predicted octanol–water partition coefficient (Wildman–Crippen LogP) is 5.36. The Morgan fingerprint density at radius 1 is 1.18 bits per heavy atom. The van der Waals surface area contributed by atoms with Crippen molar-refractivity contribution in [1.82, 2.24) is 5.32 Å². The molecular formula is C22H25ClF2N2O. The van der Waals surface area contributed by atoms with Gasteiger partial charge >= 0.3 is 0 Å². The second-order valence-electron chi connectivity index (χ2n) is 8.58. The first-order chi connectivity index (χ1) is 13.1. The normalized spacial score (nSPS) is 22.3. The molecule has 1 heterocycles. The molecule has 3 nitrogen and oxygen atoms in total. The maximum absolute atomic E-state index is 13.5. The van der Waals surface area contributed by atoms with E-state index in [0.717, 1.165) is 24.1 Å². The van der Waals surface area contributed by atoms with Crippen molar-refractivity contribution in [2.75, 3.05) is 11.9 Å². The summed E-state index contributed by atoms with van der Waals surface area (Å²) in [6.07, 6.45) is 0.805. The lowest BCUT2D eigenvalue weighted by Crippen LogP contribution is -2.38. The van der Waals surface area contributed by atoms with Gasteiger partial charge in [0.15, 0.2) is 11.6 Å². The van der Waals surface area contributed by atoms with Crippen LogP contribution in [0.3, 0.4) is 0 Å². The molecule has 1 saturated heterocycles. The van der Waals surface area contributed by atoms with E-state index >= 15 is 0 Å². The average Bonchev–Trinajstić information content (AvgIpc) is 3.00. The SMILES string of the molecule is CC(C)(C)CC1NCC(c2cccc(Cl)c2)C1C(=O)Nc1ccc(F)c(F)c1. The highest BCUT2D eigenvalue weighted by Gasteiger charge is 2.42. The van der Waals surface area contributed by atoms with Gasteiger partial charge in [0.25, 0.3) is 0 Å². The van der Waals surface area contributed by atoms with E-state index in [0.29, 0.717) is 11.6 Å². The number of rotatable bonds is 4. The van der Waals surface area contributed by atoms with Crippen LogP contribution in [-0.4, -0.2) is 18.5 Å². The van der Waals surface area contributed by atoms with Gasteiger partial charge < -0.3 is 10.6 Å². The molecule has 2 aromatic rings. The van der Waals surface area contributed by atoms with Crippen molar-refractivity contribution in [3.05, 3.63) is 64.7 Å². The van der Waals surface area contributed by atoms with E-state index in [1.165, 1.54) is 6.07 Å². The van der Waals surface area contributed by atoms with Gasteiger partial charge in [0.05, 0.1) is 5.92 Å². The second-order valence-corrected chi connectivity index (χ2v) is 9.02. The standard InChI is InChI=1S/C22H25ClF2N2O/c1-22(2,3)11-19-20(16(12-26-19)13-5-4-6-14(23)9-13)21(28)27-15-7-8-17(24)18(25)10-15/h4-10,16,19-20,26H,11-12H2,1-3H3,(H,27,28). The third kappa shape index (κ3) is 4.89. The van der Waals surface area contributed by atoms with Crippen molar-refractivity contribution < 1.29 is 13.6 Å². The first kappa shape index (κ1) is 20.7. The highest BCUT2D eigenvalue weighted by molar-refractivity contribution is 6.30. The van der Waals surface area contributed by atoms with Crippen LogP contribution in [-0.2, 0) is 4.79 Å². The average molecular weight is 407 g/mol. The first-order valence-corrected chi connectivity index (χ1v) is 9.76. The molecule has 1 amide bonds. The minimum absolute atomic E-state index is 0.0292. The van der Waals surface area contributed by atoms with E-state index in [4.69, 9.17) is 11.6 Å². The summed E-state index contributed by atoms with van der Waals surface area (Å²) in [5, 5.41) is 6.87. The molecule has 150 valence electrons. The third-order valence-electron chi connectivity index (χ3n) is 5.07. The summed E-state index contributed by atoms with van der Waals surface area (Å²) >= 11 is 6.16. The summed E-state index contributed by atoms with van der Waals surface area (Å²) in [6, 6.07) is 10.9. The molecular weight excluding hydrogens is 382 g/mol. The number of hydrogen-bond acceptors (Lipinski definition) is 2. The summed E-state index contributed by atoms with van der Waals surface area (Å²) in [7, 11) is 0. The molecule has 0 saturated carbocycles. The number of benzene rings is 2. The molecule has 3 rings (SSSR count). The Balaban J connectivity index is 1.89. The van der Waals surface area contributed by atoms with Crippen molar-refractivity contribution in [2.45, 2.75) is 39.2 Å². The van der Waals surface area contributed by atoms with Gasteiger partial charge in [-0.1, -0.05) is 44.5 Å². The Labute approximate surface area is 169 Å². The number of hydrogen-bond donors (Lipinski definition) is 2. The molecule has 28 heavy (non-hydrogen) atoms. The van der Waals surface area contributed by atoms with Gasteiger partial charge in [0.2, 0.25) is 5.91 Å². The van der Waals surface area contributed by atoms with Gasteiger partial charge in [-0.2, -0.15) is 0 Å². The van der Waals surface area contributed by atoms with Gasteiger partial charge in [0.1, 0.15) is 0 Å². The van der Waals surface area contributed by atoms with E-state index in [-0.39, 0.29) is 34.9 Å². The maximum atomic E-state index is 13.5. The number of amides is 1. The number of carbonyl (C=O) groups is 1. The monoisotopic (exact) mass is 406 g/mol. The van der Waals surface area contributed by atoms with Gasteiger partial charge in [-0.3, -0.25) is 4.79 Å². The molecule has 1 fully saturated rings. The van der Waals surface area contributed by atoms with Crippen LogP contribution in [0, 0.1) is 23.0 Å². The zero-order valence-electron chi connectivity index (χ0n) is 16.2. The molecule has 2 aromatic carbocycles. The molecule has 0 bridgehead atoms. The van der Waals surface area contributed by atoms with E-state index in [1.54, 1.807) is 6.07 Å². The highest BCUT2D eigenvalue weighted by Crippen LogP contribution is 2.38. The number of carbonyl (C=O) groups excluding carboxylic acids is 1. The quantitative estimate of drug-likeness (QED) is 0.717. The fraction of sp³-hybridized carbons (Fsp3) is 0.409. The van der Waals surface area contributed by atoms with Gasteiger partial charge in [-0.25, -0.2) is 8.78 Å². The van der Waals surface area contributed by atoms with Gasteiger partial charge in [-0.15, -0.1) is 0 Å². The molecule has 2 N–H and O–H groups in total. The van der Waals surface area contributed by atoms with Crippen molar-refractivity contribution in [3.8, 4) is 0 Å². The summed E-state index contributed by atoms with van der Waals surface area (Å²) in [6.45, 7) is 7.04. The fourth-order valence-corrected chi connectivity index (χ4v) is 4.10. The number of nitrogens with one attached hydrogen (secondary N) is 2. The van der Waals surface area contributed by atoms with Crippen LogP contribution in [0.5, 0.6) is 0 Å². The summed E-state index contributed by atoms with van der Waals surface area (Å²) in [5.41, 5.74) is 1.26. The summed E-state index contributed by atoms with van der Waals surface area (Å²) in [4.78, 5) is 13.2. The molecule has 1 aliphatic heterocycles. The molecule has 0 aromatic heterocycles. The highest BCUT2D eigenvalue weighted by atomic mass is 35.5. The van der Waals surface area contributed by atoms with E-state index in [9.17, 15) is 13.6 Å². The van der Waals surface area contributed by atoms with E-state index in [1.807, 2.05) is 18.2 Å². The predicted molar refractivity (Wildman–Crippen MR) is 109 cm³/mol. The molecule has 6 heteroatoms. The number of halogens is 3. The van der Waals surface area contributed by atoms with Crippen molar-refractivity contribution in [2.24, 2.45) is 11.3 Å². The Morgan fingerprint density at radius 3 is 2.57 bits per heavy atom. The fourth-order valence-electron chi connectivity index (χ4n) is 3.90. The van der Waals surface area contributed by atoms with Crippen molar-refractivity contribution >= 4 is 23.2 Å². The topological polar surface area (TPSA) is 41.1 Å². The zero-order valence-corrected chi connectivity index (χ0v) is 17.0. The molecule has 0 spiro atoms. The third-order valence-corrected chi connectivity index (χ3v) is 5.30. The molecule has 3 atom stereocenters. The lowest BCUT2D eigenvalue weighted by atomic mass is 9.78. The molecule has 0 radical (unpaired) electrons. The van der Waals surface area contributed by atoms with Crippen molar-refractivity contribution in [1.29, 1.82) is 0 Å². The summed E-state index contributed by atoms with van der Waals surface area (Å²) in [5.74, 6) is -2.56. The van der Waals surface area contributed by atoms with Crippen LogP contribution in [0.15, 0.2) is 42.5 Å². The maximum Gasteiger partial charge on any atom is 0.229 e. The van der Waals surface area contributed by atoms with Crippen molar-refractivity contribution in [3.63, 3.8) is 0 Å². The second kappa shape index (κ2) is 8.18. The Morgan fingerprint density at radius 2 is 1.93 bits per heavy atom. The van der Waals surface area contributed by atoms with Gasteiger partial charge in [0, 0.05) is 35.3 Å².